The van der Waals surface area contributed by atoms with Gasteiger partial charge in [-0.25, -0.2) is 0 Å². The maximum absolute atomic E-state index is 10.4. The molecular weight excluding hydrogens is 231 g/mol. The first-order valence-electron chi connectivity index (χ1n) is 5.16. The molecule has 98 valence electrons. The molecule has 0 heterocycles. The molecule has 0 bridgehead atoms. The fourth-order valence-corrected chi connectivity index (χ4v) is 0.720. The molecule has 0 unspecified atom stereocenters. The van der Waals surface area contributed by atoms with E-state index in [1.165, 1.54) is 11.3 Å². The molecule has 1 N–H and O–H groups in total. The lowest BCUT2D eigenvalue weighted by atomic mass is 10.2. The van der Waals surface area contributed by atoms with Gasteiger partial charge in [0.1, 0.15) is 0 Å². The van der Waals surface area contributed by atoms with Crippen LogP contribution in [0.1, 0.15) is 19.4 Å². The maximum atomic E-state index is 10.4. The standard InChI is InChI=1S/C8H11N.C2HF3O.C2H6/c1-7-3-5-8(9-2)6-4-7;3-2(4,5)1-6;1-2/h3-6,9H,1-2H3;1H;1-2H3. The van der Waals surface area contributed by atoms with Crippen LogP contribution in [-0.2, 0) is 4.79 Å². The van der Waals surface area contributed by atoms with Gasteiger partial charge >= 0.3 is 6.18 Å². The van der Waals surface area contributed by atoms with Crippen molar-refractivity contribution in [1.29, 1.82) is 0 Å². The highest BCUT2D eigenvalue weighted by Crippen LogP contribution is 2.08. The summed E-state index contributed by atoms with van der Waals surface area (Å²) in [6, 6.07) is 8.31. The molecule has 2 nitrogen and oxygen atoms in total. The van der Waals surface area contributed by atoms with Crippen LogP contribution in [0.25, 0.3) is 0 Å². The normalized spacial score (nSPS) is 9.12. The van der Waals surface area contributed by atoms with Crippen LogP contribution in [0.3, 0.4) is 0 Å². The largest absolute Gasteiger partial charge is 0.446 e. The number of halogens is 3. The van der Waals surface area contributed by atoms with Crippen LogP contribution >= 0.6 is 0 Å². The van der Waals surface area contributed by atoms with E-state index in [0.717, 1.165) is 0 Å². The molecule has 0 amide bonds. The number of hydrogen-bond acceptors (Lipinski definition) is 2. The van der Waals surface area contributed by atoms with Gasteiger partial charge in [0.15, 0.2) is 0 Å². The van der Waals surface area contributed by atoms with Crippen LogP contribution in [0.2, 0.25) is 0 Å². The molecule has 0 aliphatic heterocycles. The first-order chi connectivity index (χ1) is 7.89. The second kappa shape index (κ2) is 9.69. The summed E-state index contributed by atoms with van der Waals surface area (Å²) in [5.41, 5.74) is 2.47. The number of benzene rings is 1. The van der Waals surface area contributed by atoms with E-state index in [-0.39, 0.29) is 0 Å². The van der Waals surface area contributed by atoms with Gasteiger partial charge in [-0.15, -0.1) is 0 Å². The van der Waals surface area contributed by atoms with E-state index in [1.54, 1.807) is 0 Å². The van der Waals surface area contributed by atoms with Crippen molar-refractivity contribution in [2.45, 2.75) is 26.9 Å². The summed E-state index contributed by atoms with van der Waals surface area (Å²) in [6.45, 7) is 6.08. The summed E-state index contributed by atoms with van der Waals surface area (Å²) in [5.74, 6) is 0. The summed E-state index contributed by atoms with van der Waals surface area (Å²) in [7, 11) is 1.92. The Bertz CT molecular complexity index is 294. The smallest absolute Gasteiger partial charge is 0.388 e. The zero-order valence-corrected chi connectivity index (χ0v) is 10.4. The van der Waals surface area contributed by atoms with Crippen LogP contribution in [-0.4, -0.2) is 19.5 Å². The highest BCUT2D eigenvalue weighted by Gasteiger charge is 2.24. The summed E-state index contributed by atoms with van der Waals surface area (Å²) in [6.07, 6.45) is -5.70. The fourth-order valence-electron chi connectivity index (χ4n) is 0.720. The summed E-state index contributed by atoms with van der Waals surface area (Å²) >= 11 is 0. The molecule has 0 aliphatic rings. The quantitative estimate of drug-likeness (QED) is 0.767. The Balaban J connectivity index is 0. The Morgan fingerprint density at radius 1 is 1.12 bits per heavy atom. The van der Waals surface area contributed by atoms with Crippen molar-refractivity contribution in [3.05, 3.63) is 29.8 Å². The number of aldehydes is 1. The Morgan fingerprint density at radius 2 is 1.47 bits per heavy atom. The van der Waals surface area contributed by atoms with Crippen molar-refractivity contribution in [2.75, 3.05) is 12.4 Å². The van der Waals surface area contributed by atoms with E-state index in [0.29, 0.717) is 0 Å². The fraction of sp³-hybridized carbons (Fsp3) is 0.417. The van der Waals surface area contributed by atoms with Crippen LogP contribution in [0, 0.1) is 6.92 Å². The molecule has 1 aromatic rings. The lowest BCUT2D eigenvalue weighted by Gasteiger charge is -1.97. The molecule has 0 aliphatic carbocycles. The SMILES string of the molecule is CC.CNc1ccc(C)cc1.O=CC(F)(F)F. The molecule has 17 heavy (non-hydrogen) atoms. The van der Waals surface area contributed by atoms with Gasteiger partial charge in [-0.3, -0.25) is 4.79 Å². The average molecular weight is 249 g/mol. The number of carbonyl (C=O) groups is 1. The first kappa shape index (κ1) is 17.9. The number of alkyl halides is 3. The summed E-state index contributed by atoms with van der Waals surface area (Å²) in [5, 5.41) is 3.05. The van der Waals surface area contributed by atoms with E-state index in [1.807, 2.05) is 20.9 Å². The number of hydrogen-bond donors (Lipinski definition) is 1. The molecule has 0 saturated heterocycles. The predicted octanol–water partition coefficient (Wildman–Crippen LogP) is 3.81. The Kier molecular flexibility index (Phi) is 10.2. The van der Waals surface area contributed by atoms with E-state index in [4.69, 9.17) is 4.79 Å². The monoisotopic (exact) mass is 249 g/mol. The molecule has 0 radical (unpaired) electrons. The zero-order chi connectivity index (χ0) is 13.9. The van der Waals surface area contributed by atoms with Crippen molar-refractivity contribution in [2.24, 2.45) is 0 Å². The van der Waals surface area contributed by atoms with Gasteiger partial charge in [0.2, 0.25) is 6.29 Å². The minimum atomic E-state index is -4.64. The lowest BCUT2D eigenvalue weighted by molar-refractivity contribution is -0.156. The minimum Gasteiger partial charge on any atom is -0.388 e. The second-order valence-corrected chi connectivity index (χ2v) is 2.78. The molecule has 5 heteroatoms. The van der Waals surface area contributed by atoms with E-state index < -0.39 is 12.5 Å². The van der Waals surface area contributed by atoms with Gasteiger partial charge in [-0.1, -0.05) is 31.5 Å². The molecule has 1 aromatic carbocycles. The van der Waals surface area contributed by atoms with Crippen molar-refractivity contribution >= 4 is 12.0 Å². The number of rotatable bonds is 1. The Hall–Kier alpha value is -1.52. The Morgan fingerprint density at radius 3 is 1.71 bits per heavy atom. The molecule has 0 saturated carbocycles. The maximum Gasteiger partial charge on any atom is 0.446 e. The van der Waals surface area contributed by atoms with Gasteiger partial charge in [-0.2, -0.15) is 13.2 Å². The topological polar surface area (TPSA) is 29.1 Å². The molecule has 0 spiro atoms. The number of carbonyl (C=O) groups excluding carboxylic acids is 1. The highest BCUT2D eigenvalue weighted by atomic mass is 19.4. The molecular formula is C12H18F3NO. The van der Waals surface area contributed by atoms with Gasteiger partial charge < -0.3 is 5.32 Å². The second-order valence-electron chi connectivity index (χ2n) is 2.78. The third-order valence-electron chi connectivity index (χ3n) is 1.47. The number of nitrogens with one attached hydrogen (secondary N) is 1. The third-order valence-corrected chi connectivity index (χ3v) is 1.47. The van der Waals surface area contributed by atoms with Crippen molar-refractivity contribution in [1.82, 2.24) is 0 Å². The molecule has 0 atom stereocenters. The number of aryl methyl sites for hydroxylation is 1. The summed E-state index contributed by atoms with van der Waals surface area (Å²) in [4.78, 5) is 8.70. The van der Waals surface area contributed by atoms with Crippen LogP contribution in [0.5, 0.6) is 0 Å². The van der Waals surface area contributed by atoms with Crippen molar-refractivity contribution in [3.8, 4) is 0 Å². The van der Waals surface area contributed by atoms with Gasteiger partial charge in [0.25, 0.3) is 0 Å². The zero-order valence-electron chi connectivity index (χ0n) is 10.4. The molecule has 0 fully saturated rings. The van der Waals surface area contributed by atoms with E-state index in [9.17, 15) is 13.2 Å². The van der Waals surface area contributed by atoms with Gasteiger partial charge in [0.05, 0.1) is 0 Å². The van der Waals surface area contributed by atoms with E-state index in [2.05, 4.69) is 36.5 Å². The van der Waals surface area contributed by atoms with Crippen LogP contribution in [0.4, 0.5) is 18.9 Å². The van der Waals surface area contributed by atoms with Crippen LogP contribution in [0.15, 0.2) is 24.3 Å². The van der Waals surface area contributed by atoms with E-state index >= 15 is 0 Å². The molecule has 0 aromatic heterocycles. The predicted molar refractivity (Wildman–Crippen MR) is 64.2 cm³/mol. The van der Waals surface area contributed by atoms with Crippen molar-refractivity contribution < 1.29 is 18.0 Å². The molecule has 1 rings (SSSR count). The average Bonchev–Trinajstić information content (AvgIpc) is 2.33. The lowest BCUT2D eigenvalue weighted by Crippen LogP contribution is -2.07. The minimum absolute atomic E-state index is 1.06. The van der Waals surface area contributed by atoms with Crippen LogP contribution < -0.4 is 5.32 Å². The highest BCUT2D eigenvalue weighted by molar-refractivity contribution is 5.56. The number of anilines is 1. The first-order valence-corrected chi connectivity index (χ1v) is 5.16. The van der Waals surface area contributed by atoms with Gasteiger partial charge in [0, 0.05) is 12.7 Å². The van der Waals surface area contributed by atoms with Gasteiger partial charge in [-0.05, 0) is 19.1 Å². The van der Waals surface area contributed by atoms with Crippen molar-refractivity contribution in [3.63, 3.8) is 0 Å². The summed E-state index contributed by atoms with van der Waals surface area (Å²) < 4.78 is 31.2. The third kappa shape index (κ3) is 12.4. The Labute approximate surface area is 99.8 Å².